The number of carbonyl (C=O) groups is 1. The van der Waals surface area contributed by atoms with E-state index in [4.69, 9.17) is 14.7 Å². The zero-order chi connectivity index (χ0) is 20.9. The van der Waals surface area contributed by atoms with Gasteiger partial charge in [-0.2, -0.15) is 0 Å². The van der Waals surface area contributed by atoms with Gasteiger partial charge in [0.05, 0.1) is 18.1 Å². The molecule has 0 radical (unpaired) electrons. The van der Waals surface area contributed by atoms with Gasteiger partial charge < -0.3 is 20.4 Å². The minimum absolute atomic E-state index is 0.365. The van der Waals surface area contributed by atoms with Gasteiger partial charge >= 0.3 is 5.97 Å². The van der Waals surface area contributed by atoms with Crippen LogP contribution in [-0.4, -0.2) is 47.7 Å². The third-order valence-corrected chi connectivity index (χ3v) is 4.97. The molecule has 0 aliphatic rings. The summed E-state index contributed by atoms with van der Waals surface area (Å²) >= 11 is 0. The van der Waals surface area contributed by atoms with E-state index in [1.54, 1.807) is 12.1 Å². The summed E-state index contributed by atoms with van der Waals surface area (Å²) in [6.07, 6.45) is 0.640. The van der Waals surface area contributed by atoms with Crippen molar-refractivity contribution >= 4 is 33.7 Å². The van der Waals surface area contributed by atoms with E-state index in [1.165, 1.54) is 7.11 Å². The lowest BCUT2D eigenvalue weighted by atomic mass is 10.1. The highest BCUT2D eigenvalue weighted by Crippen LogP contribution is 2.30. The largest absolute Gasteiger partial charge is 0.465 e. The zero-order valence-electron chi connectivity index (χ0n) is 17.2. The molecular weight excluding hydrogens is 378 g/mol. The van der Waals surface area contributed by atoms with Crippen LogP contribution in [0.5, 0.6) is 0 Å². The molecule has 0 aliphatic heterocycles. The summed E-state index contributed by atoms with van der Waals surface area (Å²) in [5.74, 6) is 1.16. The molecule has 0 spiro atoms. The molecule has 7 heteroatoms. The van der Waals surface area contributed by atoms with Crippen molar-refractivity contribution in [1.29, 1.82) is 0 Å². The van der Waals surface area contributed by atoms with Crippen LogP contribution >= 0.6 is 0 Å². The first-order valence-corrected chi connectivity index (χ1v) is 10.1. The van der Waals surface area contributed by atoms with Crippen molar-refractivity contribution in [2.45, 2.75) is 13.3 Å². The maximum Gasteiger partial charge on any atom is 0.337 e. The van der Waals surface area contributed by atoms with Crippen LogP contribution in [0.2, 0.25) is 0 Å². The number of aromatic amines is 1. The summed E-state index contributed by atoms with van der Waals surface area (Å²) in [6, 6.07) is 15.6. The maximum absolute atomic E-state index is 11.9. The summed E-state index contributed by atoms with van der Waals surface area (Å²) in [5.41, 5.74) is 3.22. The van der Waals surface area contributed by atoms with Crippen LogP contribution in [-0.2, 0) is 11.2 Å². The van der Waals surface area contributed by atoms with Gasteiger partial charge in [-0.15, -0.1) is 0 Å². The molecule has 2 aromatic heterocycles. The number of rotatable bonds is 8. The molecule has 3 N–H and O–H groups in total. The number of hydrogen-bond acceptors (Lipinski definition) is 6. The summed E-state index contributed by atoms with van der Waals surface area (Å²) < 4.78 is 4.84. The van der Waals surface area contributed by atoms with E-state index in [0.717, 1.165) is 58.8 Å². The molecule has 2 aromatic carbocycles. The number of likely N-dealkylation sites (N-methyl/N-ethyl adjacent to an activating group) is 1. The first-order chi connectivity index (χ1) is 14.7. The fourth-order valence-electron chi connectivity index (χ4n) is 3.52. The summed E-state index contributed by atoms with van der Waals surface area (Å²) in [4.78, 5) is 24.9. The predicted molar refractivity (Wildman–Crippen MR) is 119 cm³/mol. The number of anilines is 1. The molecule has 0 amide bonds. The van der Waals surface area contributed by atoms with Crippen LogP contribution < -0.4 is 10.6 Å². The van der Waals surface area contributed by atoms with Crippen molar-refractivity contribution < 1.29 is 9.53 Å². The molecule has 0 unspecified atom stereocenters. The van der Waals surface area contributed by atoms with E-state index >= 15 is 0 Å². The average molecular weight is 403 g/mol. The number of benzene rings is 2. The van der Waals surface area contributed by atoms with Crippen molar-refractivity contribution in [1.82, 2.24) is 20.3 Å². The quantitative estimate of drug-likeness (QED) is 0.308. The molecule has 154 valence electrons. The Kier molecular flexibility index (Phi) is 5.90. The van der Waals surface area contributed by atoms with Crippen LogP contribution in [0.25, 0.3) is 21.9 Å². The van der Waals surface area contributed by atoms with E-state index in [1.807, 2.05) is 24.3 Å². The maximum atomic E-state index is 11.9. The number of fused-ring (bicyclic) bond motifs is 3. The Bertz CT molecular complexity index is 1170. The molecule has 30 heavy (non-hydrogen) atoms. The highest BCUT2D eigenvalue weighted by Gasteiger charge is 2.16. The van der Waals surface area contributed by atoms with E-state index in [-0.39, 0.29) is 5.97 Å². The highest BCUT2D eigenvalue weighted by atomic mass is 16.5. The normalized spacial score (nSPS) is 11.1. The standard InChI is InChI=1S/C23H25N5O2/c1-3-24-11-12-25-21-20-17-10-9-16(23(29)30-2)14-18(17)26-22(20)28-19(27-21)13-15-7-5-4-6-8-15/h4-10,14,24H,3,11-13H2,1-2H3,(H2,25,26,27,28). The summed E-state index contributed by atoms with van der Waals surface area (Å²) in [6.45, 7) is 4.59. The fourth-order valence-corrected chi connectivity index (χ4v) is 3.52. The van der Waals surface area contributed by atoms with Gasteiger partial charge in [-0.05, 0) is 24.2 Å². The Morgan fingerprint density at radius 3 is 2.70 bits per heavy atom. The number of ether oxygens (including phenoxy) is 1. The third-order valence-electron chi connectivity index (χ3n) is 4.97. The Balaban J connectivity index is 1.78. The van der Waals surface area contributed by atoms with E-state index in [2.05, 4.69) is 34.7 Å². The topological polar surface area (TPSA) is 91.9 Å². The average Bonchev–Trinajstić information content (AvgIpc) is 3.14. The number of H-pyrrole nitrogens is 1. The highest BCUT2D eigenvalue weighted by molar-refractivity contribution is 6.12. The van der Waals surface area contributed by atoms with Crippen LogP contribution in [0, 0.1) is 0 Å². The molecule has 0 saturated carbocycles. The Labute approximate surface area is 174 Å². The molecule has 7 nitrogen and oxygen atoms in total. The molecule has 0 atom stereocenters. The summed E-state index contributed by atoms with van der Waals surface area (Å²) in [5, 5.41) is 8.66. The third kappa shape index (κ3) is 4.11. The monoisotopic (exact) mass is 403 g/mol. The van der Waals surface area contributed by atoms with E-state index in [0.29, 0.717) is 12.0 Å². The minimum Gasteiger partial charge on any atom is -0.465 e. The smallest absolute Gasteiger partial charge is 0.337 e. The molecule has 0 aliphatic carbocycles. The number of carbonyl (C=O) groups excluding carboxylic acids is 1. The number of nitrogens with zero attached hydrogens (tertiary/aromatic N) is 2. The van der Waals surface area contributed by atoms with E-state index in [9.17, 15) is 4.79 Å². The van der Waals surface area contributed by atoms with Crippen molar-refractivity contribution in [2.75, 3.05) is 32.1 Å². The van der Waals surface area contributed by atoms with Gasteiger partial charge in [-0.25, -0.2) is 14.8 Å². The van der Waals surface area contributed by atoms with Gasteiger partial charge in [0.1, 0.15) is 17.3 Å². The van der Waals surface area contributed by atoms with Crippen LogP contribution in [0.3, 0.4) is 0 Å². The number of methoxy groups -OCH3 is 1. The number of esters is 1. The number of nitrogens with one attached hydrogen (secondary N) is 3. The van der Waals surface area contributed by atoms with Gasteiger partial charge in [0.2, 0.25) is 0 Å². The molecule has 4 rings (SSSR count). The van der Waals surface area contributed by atoms with E-state index < -0.39 is 0 Å². The van der Waals surface area contributed by atoms with Gasteiger partial charge in [0.25, 0.3) is 0 Å². The fraction of sp³-hybridized carbons (Fsp3) is 0.261. The lowest BCUT2D eigenvalue weighted by Gasteiger charge is -2.10. The van der Waals surface area contributed by atoms with Crippen LogP contribution in [0.4, 0.5) is 5.82 Å². The second-order valence-corrected chi connectivity index (χ2v) is 7.03. The van der Waals surface area contributed by atoms with Crippen LogP contribution in [0.1, 0.15) is 28.7 Å². The Morgan fingerprint density at radius 2 is 1.93 bits per heavy atom. The van der Waals surface area contributed by atoms with Crippen molar-refractivity contribution in [3.05, 3.63) is 65.5 Å². The molecule has 0 saturated heterocycles. The van der Waals surface area contributed by atoms with Gasteiger partial charge in [0, 0.05) is 30.4 Å². The second kappa shape index (κ2) is 8.92. The van der Waals surface area contributed by atoms with Crippen LogP contribution in [0.15, 0.2) is 48.5 Å². The first-order valence-electron chi connectivity index (χ1n) is 10.1. The van der Waals surface area contributed by atoms with Crippen molar-refractivity contribution in [3.63, 3.8) is 0 Å². The molecular formula is C23H25N5O2. The van der Waals surface area contributed by atoms with Gasteiger partial charge in [0.15, 0.2) is 0 Å². The van der Waals surface area contributed by atoms with Crippen molar-refractivity contribution in [2.24, 2.45) is 0 Å². The molecule has 0 bridgehead atoms. The number of hydrogen-bond donors (Lipinski definition) is 3. The van der Waals surface area contributed by atoms with Crippen molar-refractivity contribution in [3.8, 4) is 0 Å². The first kappa shape index (κ1) is 19.8. The number of aromatic nitrogens is 3. The molecule has 2 heterocycles. The zero-order valence-corrected chi connectivity index (χ0v) is 17.2. The lowest BCUT2D eigenvalue weighted by molar-refractivity contribution is 0.0601. The second-order valence-electron chi connectivity index (χ2n) is 7.03. The lowest BCUT2D eigenvalue weighted by Crippen LogP contribution is -2.22. The Morgan fingerprint density at radius 1 is 1.10 bits per heavy atom. The van der Waals surface area contributed by atoms with Gasteiger partial charge in [-0.3, -0.25) is 0 Å². The Hall–Kier alpha value is -3.45. The minimum atomic E-state index is -0.365. The summed E-state index contributed by atoms with van der Waals surface area (Å²) in [7, 11) is 1.38. The SMILES string of the molecule is CCNCCNc1nc(Cc2ccccc2)nc2[nH]c3cc(C(=O)OC)ccc3c12. The molecule has 4 aromatic rings. The predicted octanol–water partition coefficient (Wildman–Crippen LogP) is 3.51. The molecule has 0 fully saturated rings. The van der Waals surface area contributed by atoms with Gasteiger partial charge in [-0.1, -0.05) is 43.3 Å².